The number of nitrogens with two attached hydrogens (primary N) is 1. The molecule has 0 atom stereocenters. The summed E-state index contributed by atoms with van der Waals surface area (Å²) in [6.07, 6.45) is 2.89. The number of rotatable bonds is 12. The normalized spacial score (nSPS) is 11.8. The van der Waals surface area contributed by atoms with Gasteiger partial charge in [0.2, 0.25) is 0 Å². The molecule has 3 N–H and O–H groups in total. The monoisotopic (exact) mass is 570 g/mol. The van der Waals surface area contributed by atoms with Gasteiger partial charge in [-0.2, -0.15) is 5.26 Å². The van der Waals surface area contributed by atoms with Crippen molar-refractivity contribution < 1.29 is 14.3 Å². The first-order valence-corrected chi connectivity index (χ1v) is 13.3. The summed E-state index contributed by atoms with van der Waals surface area (Å²) in [5, 5.41) is 12.9. The van der Waals surface area contributed by atoms with Gasteiger partial charge in [0.1, 0.15) is 35.0 Å². The highest BCUT2D eigenvalue weighted by Gasteiger charge is 2.23. The second-order valence-electron chi connectivity index (χ2n) is 10.1. The van der Waals surface area contributed by atoms with E-state index < -0.39 is 17.1 Å². The number of ether oxygens (including phenoxy) is 2. The number of carbonyl (C=O) groups excluding carboxylic acids is 1. The zero-order chi connectivity index (χ0) is 30.3. The Morgan fingerprint density at radius 2 is 1.83 bits per heavy atom. The van der Waals surface area contributed by atoms with Gasteiger partial charge in [-0.3, -0.25) is 13.9 Å². The molecule has 0 aliphatic carbocycles. The van der Waals surface area contributed by atoms with Crippen LogP contribution in [0.2, 0.25) is 0 Å². The van der Waals surface area contributed by atoms with Crippen LogP contribution in [0.5, 0.6) is 11.5 Å². The van der Waals surface area contributed by atoms with E-state index in [1.807, 2.05) is 50.2 Å². The molecule has 2 aromatic heterocycles. The molecule has 12 heteroatoms. The van der Waals surface area contributed by atoms with E-state index in [-0.39, 0.29) is 24.5 Å². The third-order valence-corrected chi connectivity index (χ3v) is 6.56. The van der Waals surface area contributed by atoms with E-state index in [1.54, 1.807) is 44.5 Å². The predicted molar refractivity (Wildman–Crippen MR) is 159 cm³/mol. The number of nitrogen functional groups attached to an aromatic ring is 1. The molecular weight excluding hydrogens is 536 g/mol. The van der Waals surface area contributed by atoms with Crippen molar-refractivity contribution in [3.63, 3.8) is 0 Å². The molecular formula is C30H34N8O4. The van der Waals surface area contributed by atoms with Gasteiger partial charge < -0.3 is 25.4 Å². The van der Waals surface area contributed by atoms with Gasteiger partial charge in [0.15, 0.2) is 11.5 Å². The third-order valence-electron chi connectivity index (χ3n) is 6.56. The SMILES string of the molecule is COCCNC(C)(C)/C=C(\C#N)C(=O)N(C)CCn1c(=O)n(-c2ccc(Oc3ccccc3)cc2)c2c(N)ncnc21. The molecule has 218 valence electrons. The Morgan fingerprint density at radius 1 is 1.14 bits per heavy atom. The van der Waals surface area contributed by atoms with E-state index in [0.717, 1.165) is 0 Å². The number of anilines is 1. The first-order valence-electron chi connectivity index (χ1n) is 13.3. The maximum absolute atomic E-state index is 13.7. The van der Waals surface area contributed by atoms with Crippen molar-refractivity contribution >= 4 is 22.9 Å². The average molecular weight is 571 g/mol. The molecule has 1 amide bonds. The Balaban J connectivity index is 1.57. The minimum Gasteiger partial charge on any atom is -0.457 e. The first-order chi connectivity index (χ1) is 20.1. The summed E-state index contributed by atoms with van der Waals surface area (Å²) in [5.41, 5.74) is 6.43. The van der Waals surface area contributed by atoms with Crippen LogP contribution in [0, 0.1) is 11.3 Å². The fourth-order valence-corrected chi connectivity index (χ4v) is 4.42. The number of benzene rings is 2. The molecule has 0 bridgehead atoms. The number of nitrogens with one attached hydrogen (secondary N) is 1. The van der Waals surface area contributed by atoms with E-state index in [2.05, 4.69) is 15.3 Å². The Hall–Kier alpha value is -4.99. The van der Waals surface area contributed by atoms with Crippen LogP contribution >= 0.6 is 0 Å². The molecule has 2 aromatic carbocycles. The number of nitriles is 1. The number of hydrogen-bond donors (Lipinski definition) is 2. The lowest BCUT2D eigenvalue weighted by Crippen LogP contribution is -2.41. The number of carbonyl (C=O) groups is 1. The number of methoxy groups -OCH3 is 1. The van der Waals surface area contributed by atoms with E-state index in [1.165, 1.54) is 20.4 Å². The molecule has 4 rings (SSSR count). The van der Waals surface area contributed by atoms with Crippen molar-refractivity contribution in [1.82, 2.24) is 29.3 Å². The van der Waals surface area contributed by atoms with Crippen LogP contribution in [0.1, 0.15) is 13.8 Å². The first kappa shape index (κ1) is 30.0. The molecule has 0 saturated carbocycles. The highest BCUT2D eigenvalue weighted by molar-refractivity contribution is 5.97. The van der Waals surface area contributed by atoms with Crippen molar-refractivity contribution in [2.24, 2.45) is 0 Å². The number of likely N-dealkylation sites (N-methyl/N-ethyl adjacent to an activating group) is 1. The molecule has 0 spiro atoms. The number of amides is 1. The van der Waals surface area contributed by atoms with Crippen LogP contribution < -0.4 is 21.5 Å². The maximum Gasteiger partial charge on any atom is 0.335 e. The van der Waals surface area contributed by atoms with Crippen molar-refractivity contribution in [2.75, 3.05) is 39.6 Å². The predicted octanol–water partition coefficient (Wildman–Crippen LogP) is 2.88. The number of fused-ring (bicyclic) bond motifs is 1. The van der Waals surface area contributed by atoms with Crippen LogP contribution in [0.15, 0.2) is 77.4 Å². The van der Waals surface area contributed by atoms with E-state index in [9.17, 15) is 14.9 Å². The summed E-state index contributed by atoms with van der Waals surface area (Å²) in [4.78, 5) is 36.6. The zero-order valence-corrected chi connectivity index (χ0v) is 24.1. The number of imidazole rings is 1. The minimum absolute atomic E-state index is 0.00780. The molecule has 4 aromatic rings. The van der Waals surface area contributed by atoms with Gasteiger partial charge in [0.25, 0.3) is 5.91 Å². The average Bonchev–Trinajstić information content (AvgIpc) is 3.27. The van der Waals surface area contributed by atoms with Gasteiger partial charge in [-0.05, 0) is 56.3 Å². The molecule has 0 aliphatic rings. The fourth-order valence-electron chi connectivity index (χ4n) is 4.42. The smallest absolute Gasteiger partial charge is 0.335 e. The molecule has 0 radical (unpaired) electrons. The minimum atomic E-state index is -0.611. The van der Waals surface area contributed by atoms with Crippen molar-refractivity contribution in [3.8, 4) is 23.3 Å². The third kappa shape index (κ3) is 6.83. The second kappa shape index (κ2) is 13.1. The summed E-state index contributed by atoms with van der Waals surface area (Å²) in [6, 6.07) is 18.4. The standard InChI is InChI=1S/C30H34N8O4/c1-30(2,35-14-17-41-4)18-21(19-31)28(39)36(3)15-16-37-27-25(26(32)33-20-34-27)38(29(37)40)22-10-12-24(13-11-22)42-23-8-6-5-7-9-23/h5-13,18,20,35H,14-17H2,1-4H3,(H2,32,33,34)/b21-18+. The number of aromatic nitrogens is 4. The van der Waals surface area contributed by atoms with Gasteiger partial charge in [-0.1, -0.05) is 18.2 Å². The van der Waals surface area contributed by atoms with Gasteiger partial charge in [0, 0.05) is 39.3 Å². The molecule has 0 unspecified atom stereocenters. The molecule has 0 aliphatic heterocycles. The Labute approximate surface area is 243 Å². The highest BCUT2D eigenvalue weighted by Crippen LogP contribution is 2.25. The van der Waals surface area contributed by atoms with Crippen molar-refractivity contribution in [1.29, 1.82) is 5.26 Å². The maximum atomic E-state index is 13.7. The zero-order valence-electron chi connectivity index (χ0n) is 24.1. The van der Waals surface area contributed by atoms with Crippen LogP contribution in [-0.4, -0.2) is 69.3 Å². The summed E-state index contributed by atoms with van der Waals surface area (Å²) in [7, 11) is 3.18. The fraction of sp³-hybridized carbons (Fsp3) is 0.300. The number of para-hydroxylation sites is 1. The van der Waals surface area contributed by atoms with Crippen LogP contribution in [0.3, 0.4) is 0 Å². The van der Waals surface area contributed by atoms with E-state index in [0.29, 0.717) is 41.5 Å². The lowest BCUT2D eigenvalue weighted by Gasteiger charge is -2.24. The van der Waals surface area contributed by atoms with Gasteiger partial charge in [-0.15, -0.1) is 0 Å². The Morgan fingerprint density at radius 3 is 2.50 bits per heavy atom. The van der Waals surface area contributed by atoms with E-state index in [4.69, 9.17) is 15.2 Å². The molecule has 42 heavy (non-hydrogen) atoms. The lowest BCUT2D eigenvalue weighted by molar-refractivity contribution is -0.125. The van der Waals surface area contributed by atoms with Crippen LogP contribution in [0.25, 0.3) is 16.9 Å². The lowest BCUT2D eigenvalue weighted by atomic mass is 10.0. The van der Waals surface area contributed by atoms with Crippen LogP contribution in [0.4, 0.5) is 5.82 Å². The van der Waals surface area contributed by atoms with E-state index >= 15 is 0 Å². The summed E-state index contributed by atoms with van der Waals surface area (Å²) < 4.78 is 13.8. The largest absolute Gasteiger partial charge is 0.457 e. The van der Waals surface area contributed by atoms with Crippen molar-refractivity contribution in [3.05, 3.63) is 83.1 Å². The summed E-state index contributed by atoms with van der Waals surface area (Å²) in [5.74, 6) is 0.974. The van der Waals surface area contributed by atoms with Crippen molar-refractivity contribution in [2.45, 2.75) is 25.9 Å². The van der Waals surface area contributed by atoms with Gasteiger partial charge >= 0.3 is 5.69 Å². The number of hydrogen-bond acceptors (Lipinski definition) is 9. The number of nitrogens with zero attached hydrogens (tertiary/aromatic N) is 6. The quantitative estimate of drug-likeness (QED) is 0.149. The molecule has 2 heterocycles. The highest BCUT2D eigenvalue weighted by atomic mass is 16.5. The van der Waals surface area contributed by atoms with Gasteiger partial charge in [-0.25, -0.2) is 14.8 Å². The summed E-state index contributed by atoms with van der Waals surface area (Å²) >= 11 is 0. The topological polar surface area (TPSA) is 153 Å². The Bertz CT molecular complexity index is 1670. The molecule has 12 nitrogen and oxygen atoms in total. The molecule has 0 saturated heterocycles. The summed E-state index contributed by atoms with van der Waals surface area (Å²) in [6.45, 7) is 5.05. The van der Waals surface area contributed by atoms with Gasteiger partial charge in [0.05, 0.1) is 12.3 Å². The Kier molecular flexibility index (Phi) is 9.36. The second-order valence-corrected chi connectivity index (χ2v) is 10.1. The van der Waals surface area contributed by atoms with Crippen LogP contribution in [-0.2, 0) is 16.1 Å². The molecule has 0 fully saturated rings.